The Hall–Kier alpha value is -1.58. The van der Waals surface area contributed by atoms with Crippen LogP contribution < -0.4 is 0 Å². The van der Waals surface area contributed by atoms with Crippen LogP contribution in [0, 0.1) is 0 Å². The molecule has 0 unspecified atom stereocenters. The first-order valence-corrected chi connectivity index (χ1v) is 6.70. The monoisotopic (exact) mass is 291 g/mol. The summed E-state index contributed by atoms with van der Waals surface area (Å²) in [6, 6.07) is 9.86. The third-order valence-corrected chi connectivity index (χ3v) is 3.60. The molecule has 0 amide bonds. The summed E-state index contributed by atoms with van der Waals surface area (Å²) in [5.41, 5.74) is 1.98. The zero-order chi connectivity index (χ0) is 13.2. The highest BCUT2D eigenvalue weighted by molar-refractivity contribution is 6.31. The van der Waals surface area contributed by atoms with Crippen molar-refractivity contribution in [1.82, 2.24) is 14.5 Å². The Morgan fingerprint density at radius 2 is 1.95 bits per heavy atom. The van der Waals surface area contributed by atoms with E-state index in [1.54, 1.807) is 6.20 Å². The first-order chi connectivity index (χ1) is 9.24. The summed E-state index contributed by atoms with van der Waals surface area (Å²) in [7, 11) is 0. The van der Waals surface area contributed by atoms with Gasteiger partial charge in [-0.2, -0.15) is 4.98 Å². The maximum Gasteiger partial charge on any atom is 0.224 e. The molecule has 0 aliphatic heterocycles. The predicted molar refractivity (Wildman–Crippen MR) is 77.7 cm³/mol. The van der Waals surface area contributed by atoms with Gasteiger partial charge in [-0.05, 0) is 35.7 Å². The van der Waals surface area contributed by atoms with Crippen LogP contribution in [0.4, 0.5) is 0 Å². The molecule has 0 radical (unpaired) electrons. The van der Waals surface area contributed by atoms with Crippen LogP contribution in [0.15, 0.2) is 42.7 Å². The third kappa shape index (κ3) is 2.57. The van der Waals surface area contributed by atoms with Gasteiger partial charge in [0.2, 0.25) is 5.28 Å². The molecule has 3 rings (SSSR count). The van der Waals surface area contributed by atoms with E-state index in [2.05, 4.69) is 14.5 Å². The average molecular weight is 292 g/mol. The van der Waals surface area contributed by atoms with Crippen LogP contribution >= 0.6 is 23.2 Å². The minimum absolute atomic E-state index is 0.269. The van der Waals surface area contributed by atoms with Crippen molar-refractivity contribution >= 4 is 34.2 Å². The van der Waals surface area contributed by atoms with E-state index in [1.807, 2.05) is 36.5 Å². The van der Waals surface area contributed by atoms with Crippen LogP contribution in [-0.4, -0.2) is 14.5 Å². The third-order valence-electron chi connectivity index (χ3n) is 3.05. The molecule has 19 heavy (non-hydrogen) atoms. The molecule has 0 saturated carbocycles. The van der Waals surface area contributed by atoms with Gasteiger partial charge in [0.25, 0.3) is 0 Å². The molecule has 0 atom stereocenters. The quantitative estimate of drug-likeness (QED) is 0.684. The van der Waals surface area contributed by atoms with Gasteiger partial charge in [-0.15, -0.1) is 0 Å². The second-order valence-electron chi connectivity index (χ2n) is 4.27. The molecule has 3 nitrogen and oxygen atoms in total. The number of hydrogen-bond acceptors (Lipinski definition) is 2. The SMILES string of the molecule is Clc1ncc2ccn(CCc3ccccc3Cl)c2n1. The maximum absolute atomic E-state index is 6.15. The van der Waals surface area contributed by atoms with Crippen molar-refractivity contribution < 1.29 is 0 Å². The van der Waals surface area contributed by atoms with Crippen molar-refractivity contribution in [3.63, 3.8) is 0 Å². The number of aryl methyl sites for hydroxylation is 2. The van der Waals surface area contributed by atoms with Crippen LogP contribution in [0.5, 0.6) is 0 Å². The van der Waals surface area contributed by atoms with Gasteiger partial charge in [0.15, 0.2) is 0 Å². The number of fused-ring (bicyclic) bond motifs is 1. The van der Waals surface area contributed by atoms with Gasteiger partial charge in [0.05, 0.1) is 0 Å². The number of nitrogens with zero attached hydrogens (tertiary/aromatic N) is 3. The molecule has 1 aromatic carbocycles. The Bertz CT molecular complexity index is 722. The van der Waals surface area contributed by atoms with Crippen LogP contribution in [-0.2, 0) is 13.0 Å². The van der Waals surface area contributed by atoms with E-state index in [9.17, 15) is 0 Å². The zero-order valence-corrected chi connectivity index (χ0v) is 11.6. The molecule has 0 bridgehead atoms. The molecule has 0 fully saturated rings. The average Bonchev–Trinajstić information content (AvgIpc) is 2.80. The molecular weight excluding hydrogens is 281 g/mol. The molecule has 5 heteroatoms. The number of aromatic nitrogens is 3. The van der Waals surface area contributed by atoms with Crippen LogP contribution in [0.1, 0.15) is 5.56 Å². The highest BCUT2D eigenvalue weighted by atomic mass is 35.5. The van der Waals surface area contributed by atoms with Crippen LogP contribution in [0.2, 0.25) is 10.3 Å². The van der Waals surface area contributed by atoms with Gasteiger partial charge in [-0.25, -0.2) is 4.98 Å². The lowest BCUT2D eigenvalue weighted by molar-refractivity contribution is 0.716. The summed E-state index contributed by atoms with van der Waals surface area (Å²) in [5, 5.41) is 2.06. The van der Waals surface area contributed by atoms with Gasteiger partial charge in [0, 0.05) is 29.3 Å². The summed E-state index contributed by atoms with van der Waals surface area (Å²) in [6.45, 7) is 0.806. The van der Waals surface area contributed by atoms with Crippen LogP contribution in [0.25, 0.3) is 11.0 Å². The highest BCUT2D eigenvalue weighted by Gasteiger charge is 2.05. The van der Waals surface area contributed by atoms with Crippen molar-refractivity contribution in [2.45, 2.75) is 13.0 Å². The fraction of sp³-hybridized carbons (Fsp3) is 0.143. The Balaban J connectivity index is 1.86. The fourth-order valence-electron chi connectivity index (χ4n) is 2.07. The molecule has 96 valence electrons. The summed E-state index contributed by atoms with van der Waals surface area (Å²) >= 11 is 12.0. The summed E-state index contributed by atoms with van der Waals surface area (Å²) in [6.07, 6.45) is 4.58. The minimum atomic E-state index is 0.269. The van der Waals surface area contributed by atoms with E-state index in [-0.39, 0.29) is 5.28 Å². The highest BCUT2D eigenvalue weighted by Crippen LogP contribution is 2.18. The van der Waals surface area contributed by atoms with Crippen molar-refractivity contribution in [2.24, 2.45) is 0 Å². The molecular formula is C14H11Cl2N3. The Labute approximate surface area is 120 Å². The molecule has 0 spiro atoms. The lowest BCUT2D eigenvalue weighted by Gasteiger charge is -2.06. The lowest BCUT2D eigenvalue weighted by Crippen LogP contribution is -2.01. The Kier molecular flexibility index (Phi) is 3.40. The molecule has 0 aliphatic rings. The first-order valence-electron chi connectivity index (χ1n) is 5.95. The number of rotatable bonds is 3. The van der Waals surface area contributed by atoms with Gasteiger partial charge in [-0.3, -0.25) is 0 Å². The number of halogens is 2. The molecule has 0 saturated heterocycles. The Morgan fingerprint density at radius 1 is 1.11 bits per heavy atom. The standard InChI is InChI=1S/C14H11Cl2N3/c15-12-4-2-1-3-10(12)5-7-19-8-6-11-9-17-14(16)18-13(11)19/h1-4,6,8-9H,5,7H2. The molecule has 2 heterocycles. The molecule has 0 N–H and O–H groups in total. The Morgan fingerprint density at radius 3 is 2.79 bits per heavy atom. The van der Waals surface area contributed by atoms with E-state index >= 15 is 0 Å². The van der Waals surface area contributed by atoms with Crippen molar-refractivity contribution in [2.75, 3.05) is 0 Å². The van der Waals surface area contributed by atoms with E-state index in [0.717, 1.165) is 34.6 Å². The second kappa shape index (κ2) is 5.19. The minimum Gasteiger partial charge on any atom is -0.332 e. The normalized spacial score (nSPS) is 11.1. The molecule has 2 aromatic heterocycles. The van der Waals surface area contributed by atoms with E-state index < -0.39 is 0 Å². The van der Waals surface area contributed by atoms with Crippen molar-refractivity contribution in [1.29, 1.82) is 0 Å². The zero-order valence-electron chi connectivity index (χ0n) is 10.1. The summed E-state index contributed by atoms with van der Waals surface area (Å²) in [4.78, 5) is 8.23. The van der Waals surface area contributed by atoms with E-state index in [4.69, 9.17) is 23.2 Å². The topological polar surface area (TPSA) is 30.7 Å². The van der Waals surface area contributed by atoms with Gasteiger partial charge in [0.1, 0.15) is 5.65 Å². The first kappa shape index (κ1) is 12.5. The van der Waals surface area contributed by atoms with Gasteiger partial charge >= 0.3 is 0 Å². The maximum atomic E-state index is 6.15. The lowest BCUT2D eigenvalue weighted by atomic mass is 10.1. The summed E-state index contributed by atoms with van der Waals surface area (Å²) < 4.78 is 2.06. The smallest absolute Gasteiger partial charge is 0.224 e. The second-order valence-corrected chi connectivity index (χ2v) is 5.01. The van der Waals surface area contributed by atoms with E-state index in [0.29, 0.717) is 0 Å². The number of hydrogen-bond donors (Lipinski definition) is 0. The van der Waals surface area contributed by atoms with Crippen LogP contribution in [0.3, 0.4) is 0 Å². The van der Waals surface area contributed by atoms with Gasteiger partial charge < -0.3 is 4.57 Å². The number of benzene rings is 1. The largest absolute Gasteiger partial charge is 0.332 e. The molecule has 0 aliphatic carbocycles. The summed E-state index contributed by atoms with van der Waals surface area (Å²) in [5.74, 6) is 0. The fourth-order valence-corrected chi connectivity index (χ4v) is 2.43. The predicted octanol–water partition coefficient (Wildman–Crippen LogP) is 3.98. The molecule has 3 aromatic rings. The van der Waals surface area contributed by atoms with E-state index in [1.165, 1.54) is 0 Å². The van der Waals surface area contributed by atoms with Crippen molar-refractivity contribution in [3.05, 3.63) is 58.6 Å². The van der Waals surface area contributed by atoms with Gasteiger partial charge in [-0.1, -0.05) is 29.8 Å². The van der Waals surface area contributed by atoms with Crippen molar-refractivity contribution in [3.8, 4) is 0 Å².